The zero-order valence-electron chi connectivity index (χ0n) is 17.7. The number of aromatic nitrogens is 2. The topological polar surface area (TPSA) is 81.7 Å². The third kappa shape index (κ3) is 5.46. The Kier molecular flexibility index (Phi) is 7.52. The Labute approximate surface area is 184 Å². The summed E-state index contributed by atoms with van der Waals surface area (Å²) >= 11 is 0. The van der Waals surface area contributed by atoms with E-state index in [0.29, 0.717) is 12.5 Å². The van der Waals surface area contributed by atoms with Crippen LogP contribution in [-0.2, 0) is 12.7 Å². The normalized spacial score (nSPS) is 14.8. The van der Waals surface area contributed by atoms with Crippen molar-refractivity contribution in [1.29, 1.82) is 0 Å². The number of piperidine rings is 1. The number of fused-ring (bicyclic) bond motifs is 1. The van der Waals surface area contributed by atoms with E-state index in [1.165, 1.54) is 31.4 Å². The molecule has 1 aliphatic rings. The zero-order valence-corrected chi connectivity index (χ0v) is 17.7. The molecule has 0 spiro atoms. The molecule has 0 atom stereocenters. The molecule has 1 aliphatic heterocycles. The van der Waals surface area contributed by atoms with Crippen molar-refractivity contribution >= 4 is 22.9 Å². The number of hydrogen-bond donors (Lipinski definition) is 1. The number of aryl methyl sites for hydroxylation is 1. The number of likely N-dealkylation sites (tertiary alicyclic amines) is 1. The first-order valence-electron chi connectivity index (χ1n) is 10.6. The molecule has 2 heterocycles. The number of carbonyl (C=O) groups excluding carboxylic acids is 1. The maximum Gasteiger partial charge on any atom is 0.416 e. The lowest BCUT2D eigenvalue weighted by molar-refractivity contribution is -0.137. The van der Waals surface area contributed by atoms with Crippen LogP contribution >= 0.6 is 0 Å². The van der Waals surface area contributed by atoms with Crippen LogP contribution in [0.2, 0.25) is 0 Å². The molecule has 1 fully saturated rings. The highest BCUT2D eigenvalue weighted by atomic mass is 19.4. The van der Waals surface area contributed by atoms with Gasteiger partial charge in [-0.3, -0.25) is 10.1 Å². The van der Waals surface area contributed by atoms with Crippen LogP contribution in [0.5, 0.6) is 0 Å². The third-order valence-corrected chi connectivity index (χ3v) is 5.66. The van der Waals surface area contributed by atoms with E-state index >= 15 is 0 Å². The number of rotatable bonds is 6. The molecule has 0 radical (unpaired) electrons. The number of alkyl halides is 3. The van der Waals surface area contributed by atoms with E-state index < -0.39 is 17.6 Å². The summed E-state index contributed by atoms with van der Waals surface area (Å²) in [6.07, 6.45) is 0.258. The van der Waals surface area contributed by atoms with Crippen LogP contribution in [-0.4, -0.2) is 45.5 Å². The fourth-order valence-electron chi connectivity index (χ4n) is 4.02. The van der Waals surface area contributed by atoms with E-state index in [9.17, 15) is 18.0 Å². The van der Waals surface area contributed by atoms with Crippen molar-refractivity contribution in [1.82, 2.24) is 14.5 Å². The average Bonchev–Trinajstić information content (AvgIpc) is 3.11. The maximum atomic E-state index is 12.8. The molecule has 4 rings (SSSR count). The van der Waals surface area contributed by atoms with Crippen molar-refractivity contribution in [3.63, 3.8) is 0 Å². The second-order valence-corrected chi connectivity index (χ2v) is 7.86. The zero-order chi connectivity index (χ0) is 21.8. The van der Waals surface area contributed by atoms with Gasteiger partial charge in [0.2, 0.25) is 5.95 Å². The smallest absolute Gasteiger partial charge is 0.412 e. The van der Waals surface area contributed by atoms with Crippen LogP contribution in [0.25, 0.3) is 11.0 Å². The van der Waals surface area contributed by atoms with E-state index in [1.807, 2.05) is 28.8 Å². The Bertz CT molecular complexity index is 1040. The third-order valence-electron chi connectivity index (χ3n) is 5.66. The summed E-state index contributed by atoms with van der Waals surface area (Å²) in [5.41, 5.74) is 1.06. The van der Waals surface area contributed by atoms with Gasteiger partial charge in [-0.25, -0.2) is 4.98 Å². The second kappa shape index (κ2) is 10.1. The van der Waals surface area contributed by atoms with Gasteiger partial charge < -0.3 is 14.9 Å². The Morgan fingerprint density at radius 3 is 2.34 bits per heavy atom. The van der Waals surface area contributed by atoms with Crippen LogP contribution in [0.15, 0.2) is 48.5 Å². The van der Waals surface area contributed by atoms with Crippen LogP contribution in [0.4, 0.5) is 19.1 Å². The molecular formula is C23H27F3N4O2. The highest BCUT2D eigenvalue weighted by Gasteiger charge is 2.30. The van der Waals surface area contributed by atoms with Crippen molar-refractivity contribution in [2.45, 2.75) is 38.4 Å². The summed E-state index contributed by atoms with van der Waals surface area (Å²) in [6, 6.07) is 11.8. The standard InChI is InChI=1S/C23H25F3N4O.H2O/c24-23(25,26)18-11-9-17(10-12-18)21(31)28-22-27-19-7-2-3-8-20(19)30(22)16-6-15-29-13-4-1-5-14-29;/h2-3,7-12H,1,4-6,13-16H2,(H,27,28,31);1H2. The molecule has 6 nitrogen and oxygen atoms in total. The molecule has 32 heavy (non-hydrogen) atoms. The van der Waals surface area contributed by atoms with E-state index in [-0.39, 0.29) is 11.0 Å². The summed E-state index contributed by atoms with van der Waals surface area (Å²) < 4.78 is 40.3. The Morgan fingerprint density at radius 2 is 1.66 bits per heavy atom. The number of para-hydroxylation sites is 2. The number of anilines is 1. The molecule has 1 aromatic heterocycles. The van der Waals surface area contributed by atoms with E-state index in [2.05, 4.69) is 15.2 Å². The fraction of sp³-hybridized carbons (Fsp3) is 0.391. The van der Waals surface area contributed by atoms with Gasteiger partial charge in [0, 0.05) is 12.1 Å². The molecule has 1 amide bonds. The summed E-state index contributed by atoms with van der Waals surface area (Å²) in [5.74, 6) is -0.0777. The quantitative estimate of drug-likeness (QED) is 0.608. The molecule has 3 N–H and O–H groups in total. The van der Waals surface area contributed by atoms with Gasteiger partial charge in [-0.2, -0.15) is 13.2 Å². The Balaban J connectivity index is 0.00000289. The predicted molar refractivity (Wildman–Crippen MR) is 118 cm³/mol. The van der Waals surface area contributed by atoms with Crippen LogP contribution in [0.3, 0.4) is 0 Å². The molecule has 1 saturated heterocycles. The maximum absolute atomic E-state index is 12.8. The van der Waals surface area contributed by atoms with Crippen LogP contribution < -0.4 is 5.32 Å². The number of halogens is 3. The second-order valence-electron chi connectivity index (χ2n) is 7.86. The lowest BCUT2D eigenvalue weighted by Crippen LogP contribution is -2.31. The SMILES string of the molecule is O.O=C(Nc1nc2ccccc2n1CCCN1CCCCC1)c1ccc(C(F)(F)F)cc1. The summed E-state index contributed by atoms with van der Waals surface area (Å²) in [7, 11) is 0. The van der Waals surface area contributed by atoms with Crippen molar-refractivity contribution in [3.05, 3.63) is 59.7 Å². The molecule has 0 unspecified atom stereocenters. The molecule has 0 saturated carbocycles. The van der Waals surface area contributed by atoms with Gasteiger partial charge in [0.15, 0.2) is 0 Å². The molecule has 0 bridgehead atoms. The van der Waals surface area contributed by atoms with Crippen molar-refractivity contribution in [3.8, 4) is 0 Å². The number of nitrogens with one attached hydrogen (secondary N) is 1. The number of amides is 1. The minimum atomic E-state index is -4.43. The summed E-state index contributed by atoms with van der Waals surface area (Å²) in [5, 5.41) is 2.78. The number of benzene rings is 2. The molecule has 9 heteroatoms. The highest BCUT2D eigenvalue weighted by molar-refractivity contribution is 6.04. The molecular weight excluding hydrogens is 421 g/mol. The van der Waals surface area contributed by atoms with Crippen LogP contribution in [0, 0.1) is 0 Å². The monoisotopic (exact) mass is 448 g/mol. The molecule has 172 valence electrons. The first-order valence-corrected chi connectivity index (χ1v) is 10.6. The van der Waals surface area contributed by atoms with Gasteiger partial charge in [-0.1, -0.05) is 18.6 Å². The van der Waals surface area contributed by atoms with Gasteiger partial charge in [0.1, 0.15) is 0 Å². The van der Waals surface area contributed by atoms with Gasteiger partial charge >= 0.3 is 6.18 Å². The summed E-state index contributed by atoms with van der Waals surface area (Å²) in [6.45, 7) is 3.93. The average molecular weight is 448 g/mol. The first-order chi connectivity index (χ1) is 14.9. The van der Waals surface area contributed by atoms with Gasteiger partial charge in [0.05, 0.1) is 16.6 Å². The Hall–Kier alpha value is -2.91. The fourth-order valence-corrected chi connectivity index (χ4v) is 4.02. The van der Waals surface area contributed by atoms with Gasteiger partial charge in [0.25, 0.3) is 5.91 Å². The number of carbonyl (C=O) groups is 1. The lowest BCUT2D eigenvalue weighted by Gasteiger charge is -2.26. The van der Waals surface area contributed by atoms with E-state index in [4.69, 9.17) is 0 Å². The molecule has 2 aromatic carbocycles. The highest BCUT2D eigenvalue weighted by Crippen LogP contribution is 2.29. The van der Waals surface area contributed by atoms with E-state index in [1.54, 1.807) is 0 Å². The van der Waals surface area contributed by atoms with Crippen molar-refractivity contribution < 1.29 is 23.4 Å². The number of nitrogens with zero attached hydrogens (tertiary/aromatic N) is 3. The minimum absolute atomic E-state index is 0. The first kappa shape index (κ1) is 23.7. The summed E-state index contributed by atoms with van der Waals surface area (Å²) in [4.78, 5) is 19.7. The van der Waals surface area contributed by atoms with Gasteiger partial charge in [-0.05, 0) is 75.3 Å². The molecule has 0 aliphatic carbocycles. The number of hydrogen-bond acceptors (Lipinski definition) is 3. The largest absolute Gasteiger partial charge is 0.416 e. The Morgan fingerprint density at radius 1 is 0.969 bits per heavy atom. The molecule has 3 aromatic rings. The van der Waals surface area contributed by atoms with Crippen molar-refractivity contribution in [2.24, 2.45) is 0 Å². The predicted octanol–water partition coefficient (Wildman–Crippen LogP) is 4.36. The number of imidazole rings is 1. The van der Waals surface area contributed by atoms with Crippen molar-refractivity contribution in [2.75, 3.05) is 25.0 Å². The van der Waals surface area contributed by atoms with Crippen LogP contribution in [0.1, 0.15) is 41.6 Å². The minimum Gasteiger partial charge on any atom is -0.412 e. The van der Waals surface area contributed by atoms with Gasteiger partial charge in [-0.15, -0.1) is 0 Å². The lowest BCUT2D eigenvalue weighted by atomic mass is 10.1. The van der Waals surface area contributed by atoms with E-state index in [0.717, 1.165) is 49.2 Å².